The van der Waals surface area contributed by atoms with Gasteiger partial charge in [0.05, 0.1) is 5.60 Å². The SMILES string of the molecule is CC(C)(O)C(F)C(=O)Nc1ccc(N)cc1. The lowest BCUT2D eigenvalue weighted by Crippen LogP contribution is -2.41. The van der Waals surface area contributed by atoms with E-state index in [1.807, 2.05) is 0 Å². The predicted molar refractivity (Wildman–Crippen MR) is 60.7 cm³/mol. The molecule has 1 rings (SSSR count). The molecule has 4 N–H and O–H groups in total. The first-order chi connectivity index (χ1) is 7.30. The van der Waals surface area contributed by atoms with Gasteiger partial charge >= 0.3 is 0 Å². The number of nitrogen functional groups attached to an aromatic ring is 1. The van der Waals surface area contributed by atoms with Crippen molar-refractivity contribution >= 4 is 17.3 Å². The molecule has 1 aromatic rings. The third kappa shape index (κ3) is 3.20. The number of alkyl halides is 1. The molecule has 4 nitrogen and oxygen atoms in total. The number of hydrogen-bond donors (Lipinski definition) is 3. The predicted octanol–water partition coefficient (Wildman–Crippen LogP) is 1.32. The monoisotopic (exact) mass is 226 g/mol. The molecule has 5 heteroatoms. The van der Waals surface area contributed by atoms with Crippen LogP contribution in [0.3, 0.4) is 0 Å². The van der Waals surface area contributed by atoms with Gasteiger partial charge in [0.2, 0.25) is 6.17 Å². The van der Waals surface area contributed by atoms with Gasteiger partial charge in [-0.15, -0.1) is 0 Å². The number of amides is 1. The minimum Gasteiger partial charge on any atom is -0.399 e. The van der Waals surface area contributed by atoms with Crippen molar-refractivity contribution in [3.63, 3.8) is 0 Å². The van der Waals surface area contributed by atoms with Gasteiger partial charge in [-0.25, -0.2) is 4.39 Å². The summed E-state index contributed by atoms with van der Waals surface area (Å²) in [5.74, 6) is -0.878. The van der Waals surface area contributed by atoms with Crippen molar-refractivity contribution in [1.29, 1.82) is 0 Å². The van der Waals surface area contributed by atoms with E-state index in [2.05, 4.69) is 5.32 Å². The quantitative estimate of drug-likeness (QED) is 0.680. The van der Waals surface area contributed by atoms with E-state index in [0.717, 1.165) is 0 Å². The third-order valence-electron chi connectivity index (χ3n) is 2.03. The number of carbonyl (C=O) groups excluding carboxylic acids is 1. The number of anilines is 2. The van der Waals surface area contributed by atoms with Crippen molar-refractivity contribution in [2.24, 2.45) is 0 Å². The molecular formula is C11H15FN2O2. The Morgan fingerprint density at radius 3 is 2.38 bits per heavy atom. The number of benzene rings is 1. The number of aliphatic hydroxyl groups is 1. The number of nitrogens with one attached hydrogen (secondary N) is 1. The third-order valence-corrected chi connectivity index (χ3v) is 2.03. The van der Waals surface area contributed by atoms with Gasteiger partial charge in [-0.1, -0.05) is 0 Å². The molecule has 0 aromatic heterocycles. The highest BCUT2D eigenvalue weighted by atomic mass is 19.1. The molecule has 0 saturated heterocycles. The number of hydrogen-bond acceptors (Lipinski definition) is 3. The molecule has 0 heterocycles. The van der Waals surface area contributed by atoms with Crippen LogP contribution in [0.15, 0.2) is 24.3 Å². The Morgan fingerprint density at radius 2 is 1.94 bits per heavy atom. The first kappa shape index (κ1) is 12.4. The Morgan fingerprint density at radius 1 is 1.44 bits per heavy atom. The Kier molecular flexibility index (Phi) is 3.49. The lowest BCUT2D eigenvalue weighted by Gasteiger charge is -2.21. The lowest BCUT2D eigenvalue weighted by atomic mass is 10.0. The van der Waals surface area contributed by atoms with Crippen molar-refractivity contribution in [2.45, 2.75) is 25.6 Å². The fourth-order valence-electron chi connectivity index (χ4n) is 1.09. The molecule has 0 spiro atoms. The fraction of sp³-hybridized carbons (Fsp3) is 0.364. The van der Waals surface area contributed by atoms with Crippen molar-refractivity contribution in [3.8, 4) is 0 Å². The smallest absolute Gasteiger partial charge is 0.261 e. The molecule has 0 aliphatic heterocycles. The summed E-state index contributed by atoms with van der Waals surface area (Å²) in [5, 5.41) is 11.7. The second-order valence-corrected chi connectivity index (χ2v) is 4.13. The lowest BCUT2D eigenvalue weighted by molar-refractivity contribution is -0.128. The summed E-state index contributed by atoms with van der Waals surface area (Å²) in [6.45, 7) is 2.47. The Labute approximate surface area is 93.3 Å². The molecule has 0 saturated carbocycles. The Hall–Kier alpha value is -1.62. The van der Waals surface area contributed by atoms with Crippen LogP contribution in [0.2, 0.25) is 0 Å². The normalized spacial score (nSPS) is 13.2. The zero-order valence-electron chi connectivity index (χ0n) is 9.20. The van der Waals surface area contributed by atoms with E-state index in [0.29, 0.717) is 11.4 Å². The zero-order valence-corrected chi connectivity index (χ0v) is 9.20. The highest BCUT2D eigenvalue weighted by Crippen LogP contribution is 2.16. The van der Waals surface area contributed by atoms with E-state index in [-0.39, 0.29) is 0 Å². The van der Waals surface area contributed by atoms with Gasteiger partial charge in [0.1, 0.15) is 0 Å². The van der Waals surface area contributed by atoms with Crippen LogP contribution in [0.4, 0.5) is 15.8 Å². The van der Waals surface area contributed by atoms with E-state index < -0.39 is 17.7 Å². The Balaban J connectivity index is 2.68. The van der Waals surface area contributed by atoms with Gasteiger partial charge in [-0.2, -0.15) is 0 Å². The molecule has 0 bridgehead atoms. The molecule has 0 aliphatic carbocycles. The number of nitrogens with two attached hydrogens (primary N) is 1. The fourth-order valence-corrected chi connectivity index (χ4v) is 1.09. The van der Waals surface area contributed by atoms with Gasteiger partial charge in [-0.05, 0) is 38.1 Å². The van der Waals surface area contributed by atoms with E-state index in [1.54, 1.807) is 24.3 Å². The van der Waals surface area contributed by atoms with E-state index in [4.69, 9.17) is 5.73 Å². The van der Waals surface area contributed by atoms with E-state index in [9.17, 15) is 14.3 Å². The minimum atomic E-state index is -1.98. The summed E-state index contributed by atoms with van der Waals surface area (Å²) in [6.07, 6.45) is -1.98. The molecule has 16 heavy (non-hydrogen) atoms. The van der Waals surface area contributed by atoms with Crippen molar-refractivity contribution in [2.75, 3.05) is 11.1 Å². The van der Waals surface area contributed by atoms with Crippen molar-refractivity contribution < 1.29 is 14.3 Å². The maximum absolute atomic E-state index is 13.4. The van der Waals surface area contributed by atoms with Crippen molar-refractivity contribution in [1.82, 2.24) is 0 Å². The molecule has 1 atom stereocenters. The maximum atomic E-state index is 13.4. The number of rotatable bonds is 3. The van der Waals surface area contributed by atoms with Crippen LogP contribution in [-0.2, 0) is 4.79 Å². The molecule has 88 valence electrons. The average Bonchev–Trinajstić information content (AvgIpc) is 2.19. The molecular weight excluding hydrogens is 211 g/mol. The van der Waals surface area contributed by atoms with Gasteiger partial charge in [-0.3, -0.25) is 4.79 Å². The largest absolute Gasteiger partial charge is 0.399 e. The average molecular weight is 226 g/mol. The van der Waals surface area contributed by atoms with Gasteiger partial charge in [0, 0.05) is 11.4 Å². The molecule has 1 aromatic carbocycles. The second-order valence-electron chi connectivity index (χ2n) is 4.13. The van der Waals surface area contributed by atoms with Gasteiger partial charge in [0.25, 0.3) is 5.91 Å². The molecule has 1 amide bonds. The standard InChI is InChI=1S/C11H15FN2O2/c1-11(2,16)9(12)10(15)14-8-5-3-7(13)4-6-8/h3-6,9,16H,13H2,1-2H3,(H,14,15). The molecule has 1 unspecified atom stereocenters. The van der Waals surface area contributed by atoms with Crippen LogP contribution in [-0.4, -0.2) is 22.8 Å². The van der Waals surface area contributed by atoms with Crippen LogP contribution in [0.5, 0.6) is 0 Å². The van der Waals surface area contributed by atoms with Crippen molar-refractivity contribution in [3.05, 3.63) is 24.3 Å². The van der Waals surface area contributed by atoms with Gasteiger partial charge in [0.15, 0.2) is 0 Å². The highest BCUT2D eigenvalue weighted by Gasteiger charge is 2.33. The summed E-state index contributed by atoms with van der Waals surface area (Å²) >= 11 is 0. The first-order valence-corrected chi connectivity index (χ1v) is 4.83. The summed E-state index contributed by atoms with van der Waals surface area (Å²) in [7, 11) is 0. The first-order valence-electron chi connectivity index (χ1n) is 4.83. The van der Waals surface area contributed by atoms with Crippen LogP contribution < -0.4 is 11.1 Å². The topological polar surface area (TPSA) is 75.3 Å². The second kappa shape index (κ2) is 4.49. The maximum Gasteiger partial charge on any atom is 0.261 e. The summed E-state index contributed by atoms with van der Waals surface area (Å²) in [6, 6.07) is 6.30. The van der Waals surface area contributed by atoms with E-state index >= 15 is 0 Å². The highest BCUT2D eigenvalue weighted by molar-refractivity contribution is 5.94. The van der Waals surface area contributed by atoms with Crippen LogP contribution >= 0.6 is 0 Å². The van der Waals surface area contributed by atoms with E-state index in [1.165, 1.54) is 13.8 Å². The number of halogens is 1. The summed E-state index contributed by atoms with van der Waals surface area (Å²) in [5.41, 5.74) is 4.75. The van der Waals surface area contributed by atoms with Crippen LogP contribution in [0, 0.1) is 0 Å². The minimum absolute atomic E-state index is 0.436. The van der Waals surface area contributed by atoms with Crippen LogP contribution in [0.25, 0.3) is 0 Å². The van der Waals surface area contributed by atoms with Crippen LogP contribution in [0.1, 0.15) is 13.8 Å². The van der Waals surface area contributed by atoms with Gasteiger partial charge < -0.3 is 16.2 Å². The molecule has 0 aliphatic rings. The summed E-state index contributed by atoms with van der Waals surface area (Å²) < 4.78 is 13.4. The molecule has 0 fully saturated rings. The summed E-state index contributed by atoms with van der Waals surface area (Å²) in [4.78, 5) is 11.4. The molecule has 0 radical (unpaired) electrons. The Bertz CT molecular complexity index is 371. The zero-order chi connectivity index (χ0) is 12.3. The number of carbonyl (C=O) groups is 1.